The normalized spacial score (nSPS) is 9.62. The molecule has 1 aromatic rings. The van der Waals surface area contributed by atoms with Gasteiger partial charge in [-0.1, -0.05) is 0 Å². The van der Waals surface area contributed by atoms with Crippen molar-refractivity contribution < 1.29 is 19.1 Å². The molecule has 0 aliphatic rings. The molecule has 0 saturated carbocycles. The maximum Gasteiger partial charge on any atom is 0.339 e. The largest absolute Gasteiger partial charge is 0.468 e. The number of hydrogen-bond acceptors (Lipinski definition) is 5. The smallest absolute Gasteiger partial charge is 0.339 e. The lowest BCUT2D eigenvalue weighted by Gasteiger charge is -2.09. The summed E-state index contributed by atoms with van der Waals surface area (Å²) in [5.74, 6) is -0.433. The third kappa shape index (κ3) is 2.79. The maximum absolute atomic E-state index is 11.4. The molecule has 0 radical (unpaired) electrons. The number of aromatic nitrogens is 1. The molecular formula is C11H13NO4. The minimum atomic E-state index is -0.433. The molecule has 0 N–H and O–H groups in total. The van der Waals surface area contributed by atoms with Crippen molar-refractivity contribution in [1.29, 1.82) is 0 Å². The molecule has 5 nitrogen and oxygen atoms in total. The summed E-state index contributed by atoms with van der Waals surface area (Å²) in [6.45, 7) is 2.46. The molecule has 0 aliphatic carbocycles. The van der Waals surface area contributed by atoms with Crippen molar-refractivity contribution in [1.82, 2.24) is 4.98 Å². The number of esters is 1. The van der Waals surface area contributed by atoms with E-state index in [-0.39, 0.29) is 6.61 Å². The first-order chi connectivity index (χ1) is 7.70. The van der Waals surface area contributed by atoms with Crippen molar-refractivity contribution in [3.63, 3.8) is 0 Å². The fourth-order valence-electron chi connectivity index (χ4n) is 1.42. The van der Waals surface area contributed by atoms with Crippen molar-refractivity contribution in [2.24, 2.45) is 0 Å². The number of aryl methyl sites for hydroxylation is 1. The zero-order valence-corrected chi connectivity index (χ0v) is 9.23. The van der Waals surface area contributed by atoms with E-state index in [0.717, 1.165) is 11.1 Å². The van der Waals surface area contributed by atoms with Crippen LogP contribution in [-0.4, -0.2) is 31.1 Å². The molecular weight excluding hydrogens is 210 g/mol. The fraction of sp³-hybridized carbons (Fsp3) is 0.364. The minimum absolute atomic E-state index is 0.234. The molecule has 0 saturated heterocycles. The Morgan fingerprint density at radius 2 is 2.25 bits per heavy atom. The Balaban J connectivity index is 2.94. The van der Waals surface area contributed by atoms with Crippen LogP contribution in [0.15, 0.2) is 12.4 Å². The Morgan fingerprint density at radius 1 is 1.50 bits per heavy atom. The molecule has 1 aromatic heterocycles. The van der Waals surface area contributed by atoms with Crippen molar-refractivity contribution in [3.8, 4) is 0 Å². The SMILES string of the molecule is COC(=O)c1cncc(C)c1CCOC=O. The molecule has 16 heavy (non-hydrogen) atoms. The monoisotopic (exact) mass is 223 g/mol. The number of carbonyl (C=O) groups is 2. The van der Waals surface area contributed by atoms with Crippen molar-refractivity contribution in [2.75, 3.05) is 13.7 Å². The van der Waals surface area contributed by atoms with E-state index in [4.69, 9.17) is 0 Å². The van der Waals surface area contributed by atoms with Gasteiger partial charge in [-0.25, -0.2) is 4.79 Å². The zero-order chi connectivity index (χ0) is 12.0. The highest BCUT2D eigenvalue weighted by molar-refractivity contribution is 5.91. The van der Waals surface area contributed by atoms with Crippen LogP contribution in [-0.2, 0) is 20.7 Å². The highest BCUT2D eigenvalue weighted by atomic mass is 16.5. The zero-order valence-electron chi connectivity index (χ0n) is 9.23. The third-order valence-electron chi connectivity index (χ3n) is 2.22. The molecule has 0 aromatic carbocycles. The van der Waals surface area contributed by atoms with E-state index in [1.807, 2.05) is 6.92 Å². The second-order valence-electron chi connectivity index (χ2n) is 3.19. The van der Waals surface area contributed by atoms with E-state index in [2.05, 4.69) is 14.5 Å². The van der Waals surface area contributed by atoms with Gasteiger partial charge in [0.15, 0.2) is 0 Å². The summed E-state index contributed by atoms with van der Waals surface area (Å²) in [7, 11) is 1.32. The average molecular weight is 223 g/mol. The first-order valence-corrected chi connectivity index (χ1v) is 4.77. The van der Waals surface area contributed by atoms with E-state index < -0.39 is 5.97 Å². The van der Waals surface area contributed by atoms with Gasteiger partial charge in [0.2, 0.25) is 0 Å². The second kappa shape index (κ2) is 5.85. The predicted octanol–water partition coefficient (Wildman–Crippen LogP) is 0.892. The van der Waals surface area contributed by atoms with Crippen LogP contribution in [0.5, 0.6) is 0 Å². The van der Waals surface area contributed by atoms with Gasteiger partial charge in [0.25, 0.3) is 6.47 Å². The van der Waals surface area contributed by atoms with E-state index in [0.29, 0.717) is 18.5 Å². The van der Waals surface area contributed by atoms with Gasteiger partial charge in [-0.2, -0.15) is 0 Å². The van der Waals surface area contributed by atoms with Crippen LogP contribution in [0.2, 0.25) is 0 Å². The van der Waals surface area contributed by atoms with Gasteiger partial charge >= 0.3 is 5.97 Å². The Morgan fingerprint density at radius 3 is 2.88 bits per heavy atom. The number of ether oxygens (including phenoxy) is 2. The lowest BCUT2D eigenvalue weighted by molar-refractivity contribution is -0.128. The van der Waals surface area contributed by atoms with Gasteiger partial charge in [-0.15, -0.1) is 0 Å². The first kappa shape index (κ1) is 12.2. The van der Waals surface area contributed by atoms with Gasteiger partial charge in [0, 0.05) is 18.8 Å². The number of hydrogen-bond donors (Lipinski definition) is 0. The minimum Gasteiger partial charge on any atom is -0.468 e. The van der Waals surface area contributed by atoms with Gasteiger partial charge in [-0.05, 0) is 18.1 Å². The van der Waals surface area contributed by atoms with Gasteiger partial charge in [0.1, 0.15) is 0 Å². The van der Waals surface area contributed by atoms with Crippen molar-refractivity contribution in [2.45, 2.75) is 13.3 Å². The summed E-state index contributed by atoms with van der Waals surface area (Å²) >= 11 is 0. The Hall–Kier alpha value is -1.91. The molecule has 1 heterocycles. The molecule has 5 heteroatoms. The van der Waals surface area contributed by atoms with Crippen LogP contribution in [0.3, 0.4) is 0 Å². The fourth-order valence-corrected chi connectivity index (χ4v) is 1.42. The molecule has 0 amide bonds. The Kier molecular flexibility index (Phi) is 4.44. The number of nitrogens with zero attached hydrogens (tertiary/aromatic N) is 1. The summed E-state index contributed by atoms with van der Waals surface area (Å²) in [5, 5.41) is 0. The van der Waals surface area contributed by atoms with E-state index in [9.17, 15) is 9.59 Å². The summed E-state index contributed by atoms with van der Waals surface area (Å²) in [4.78, 5) is 25.4. The quantitative estimate of drug-likeness (QED) is 0.421. The number of pyridine rings is 1. The van der Waals surface area contributed by atoms with Crippen LogP contribution in [0.4, 0.5) is 0 Å². The average Bonchev–Trinajstić information content (AvgIpc) is 2.30. The van der Waals surface area contributed by atoms with Crippen LogP contribution >= 0.6 is 0 Å². The number of methoxy groups -OCH3 is 1. The van der Waals surface area contributed by atoms with Crippen LogP contribution in [0.1, 0.15) is 21.5 Å². The highest BCUT2D eigenvalue weighted by Crippen LogP contribution is 2.14. The topological polar surface area (TPSA) is 65.5 Å². The third-order valence-corrected chi connectivity index (χ3v) is 2.22. The van der Waals surface area contributed by atoms with Crippen LogP contribution in [0, 0.1) is 6.92 Å². The lowest BCUT2D eigenvalue weighted by atomic mass is 10.0. The standard InChI is InChI=1S/C11H13NO4/c1-8-5-12-6-10(11(14)15-2)9(8)3-4-16-7-13/h5-7H,3-4H2,1-2H3. The Labute approximate surface area is 93.4 Å². The number of carbonyl (C=O) groups excluding carboxylic acids is 2. The summed E-state index contributed by atoms with van der Waals surface area (Å²) in [5.41, 5.74) is 2.08. The van der Waals surface area contributed by atoms with Gasteiger partial charge in [-0.3, -0.25) is 9.78 Å². The lowest BCUT2D eigenvalue weighted by Crippen LogP contribution is -2.10. The molecule has 0 aliphatic heterocycles. The van der Waals surface area contributed by atoms with Crippen LogP contribution < -0.4 is 0 Å². The second-order valence-corrected chi connectivity index (χ2v) is 3.19. The highest BCUT2D eigenvalue weighted by Gasteiger charge is 2.13. The van der Waals surface area contributed by atoms with Gasteiger partial charge in [0.05, 0.1) is 19.3 Å². The molecule has 0 unspecified atom stereocenters. The molecule has 1 rings (SSSR count). The maximum atomic E-state index is 11.4. The summed E-state index contributed by atoms with van der Waals surface area (Å²) in [6.07, 6.45) is 3.58. The summed E-state index contributed by atoms with van der Waals surface area (Å²) in [6, 6.07) is 0. The van der Waals surface area contributed by atoms with Crippen molar-refractivity contribution in [3.05, 3.63) is 29.1 Å². The van der Waals surface area contributed by atoms with Crippen LogP contribution in [0.25, 0.3) is 0 Å². The van der Waals surface area contributed by atoms with E-state index in [1.54, 1.807) is 6.20 Å². The van der Waals surface area contributed by atoms with E-state index in [1.165, 1.54) is 13.3 Å². The number of rotatable bonds is 5. The first-order valence-electron chi connectivity index (χ1n) is 4.77. The van der Waals surface area contributed by atoms with E-state index >= 15 is 0 Å². The Bertz CT molecular complexity index is 390. The molecule has 0 atom stereocenters. The predicted molar refractivity (Wildman–Crippen MR) is 56.0 cm³/mol. The molecule has 86 valence electrons. The van der Waals surface area contributed by atoms with Gasteiger partial charge < -0.3 is 9.47 Å². The van der Waals surface area contributed by atoms with Crippen molar-refractivity contribution >= 4 is 12.4 Å². The molecule has 0 spiro atoms. The molecule has 0 bridgehead atoms. The summed E-state index contributed by atoms with van der Waals surface area (Å²) < 4.78 is 9.26. The molecule has 0 fully saturated rings.